The zero-order valence-electron chi connectivity index (χ0n) is 10.6. The summed E-state index contributed by atoms with van der Waals surface area (Å²) < 4.78 is 0. The molecule has 0 bridgehead atoms. The van der Waals surface area contributed by atoms with E-state index >= 15 is 0 Å². The minimum absolute atomic E-state index is 0.0110. The lowest BCUT2D eigenvalue weighted by molar-refractivity contribution is 0.226. The number of nitrogens with one attached hydrogen (secondary N) is 3. The van der Waals surface area contributed by atoms with Gasteiger partial charge in [-0.25, -0.2) is 4.79 Å². The second-order valence-corrected chi connectivity index (χ2v) is 4.84. The normalized spacial score (nSPS) is 20.0. The first kappa shape index (κ1) is 12.9. The minimum Gasteiger partial charge on any atom is -0.396 e. The Morgan fingerprint density at radius 2 is 2.56 bits per heavy atom. The molecule has 1 heterocycles. The largest absolute Gasteiger partial charge is 0.396 e. The van der Waals surface area contributed by atoms with Gasteiger partial charge < -0.3 is 15.7 Å². The number of amides is 2. The molecule has 6 heteroatoms. The number of aromatic nitrogens is 2. The average Bonchev–Trinajstić information content (AvgIpc) is 2.76. The van der Waals surface area contributed by atoms with Gasteiger partial charge in [0.2, 0.25) is 0 Å². The second-order valence-electron chi connectivity index (χ2n) is 4.84. The third-order valence-electron chi connectivity index (χ3n) is 3.29. The number of aryl methyl sites for hydroxylation is 1. The van der Waals surface area contributed by atoms with Crippen molar-refractivity contribution >= 4 is 6.03 Å². The third kappa shape index (κ3) is 3.22. The molecule has 2 rings (SSSR count). The lowest BCUT2D eigenvalue weighted by atomic mass is 9.94. The Labute approximate surface area is 106 Å². The Bertz CT molecular complexity index is 405. The molecule has 1 aromatic heterocycles. The predicted molar refractivity (Wildman–Crippen MR) is 67.2 cm³/mol. The summed E-state index contributed by atoms with van der Waals surface area (Å²) in [6.45, 7) is 1.97. The van der Waals surface area contributed by atoms with E-state index < -0.39 is 0 Å². The summed E-state index contributed by atoms with van der Waals surface area (Å²) in [4.78, 5) is 11.7. The highest BCUT2D eigenvalue weighted by atomic mass is 16.3. The zero-order chi connectivity index (χ0) is 13.0. The number of rotatable bonds is 4. The molecule has 0 spiro atoms. The SMILES string of the molecule is C[C@H](CCO)NC(=O)NC1CCc2[nH]ncc2C1. The number of aromatic amines is 1. The van der Waals surface area contributed by atoms with Gasteiger partial charge in [-0.2, -0.15) is 5.10 Å². The summed E-state index contributed by atoms with van der Waals surface area (Å²) in [5, 5.41) is 21.5. The molecule has 1 aliphatic carbocycles. The summed E-state index contributed by atoms with van der Waals surface area (Å²) >= 11 is 0. The van der Waals surface area contributed by atoms with Gasteiger partial charge in [0.1, 0.15) is 0 Å². The molecule has 1 unspecified atom stereocenters. The van der Waals surface area contributed by atoms with Crippen molar-refractivity contribution in [3.05, 3.63) is 17.5 Å². The number of urea groups is 1. The zero-order valence-corrected chi connectivity index (χ0v) is 10.6. The van der Waals surface area contributed by atoms with Crippen LogP contribution in [0.1, 0.15) is 31.0 Å². The minimum atomic E-state index is -0.159. The molecule has 1 aromatic rings. The van der Waals surface area contributed by atoms with Gasteiger partial charge >= 0.3 is 6.03 Å². The Morgan fingerprint density at radius 1 is 1.72 bits per heavy atom. The molecule has 0 saturated heterocycles. The smallest absolute Gasteiger partial charge is 0.315 e. The van der Waals surface area contributed by atoms with Gasteiger partial charge in [0.05, 0.1) is 6.20 Å². The molecule has 0 aromatic carbocycles. The average molecular weight is 252 g/mol. The number of carbonyl (C=O) groups excluding carboxylic acids is 1. The van der Waals surface area contributed by atoms with E-state index in [1.165, 1.54) is 11.3 Å². The van der Waals surface area contributed by atoms with E-state index in [9.17, 15) is 4.79 Å². The van der Waals surface area contributed by atoms with Gasteiger partial charge in [-0.1, -0.05) is 0 Å². The number of aliphatic hydroxyl groups excluding tert-OH is 1. The van der Waals surface area contributed by atoms with Crippen molar-refractivity contribution in [3.63, 3.8) is 0 Å². The third-order valence-corrected chi connectivity index (χ3v) is 3.29. The Morgan fingerprint density at radius 3 is 3.33 bits per heavy atom. The molecule has 1 aliphatic rings. The van der Waals surface area contributed by atoms with E-state index in [-0.39, 0.29) is 24.7 Å². The summed E-state index contributed by atoms with van der Waals surface area (Å²) in [5.74, 6) is 0. The number of fused-ring (bicyclic) bond motifs is 1. The van der Waals surface area contributed by atoms with Gasteiger partial charge in [0.25, 0.3) is 0 Å². The Balaban J connectivity index is 1.79. The summed E-state index contributed by atoms with van der Waals surface area (Å²) in [7, 11) is 0. The number of aliphatic hydroxyl groups is 1. The van der Waals surface area contributed by atoms with Gasteiger partial charge in [-0.15, -0.1) is 0 Å². The monoisotopic (exact) mass is 252 g/mol. The fraction of sp³-hybridized carbons (Fsp3) is 0.667. The molecular weight excluding hydrogens is 232 g/mol. The van der Waals surface area contributed by atoms with Crippen LogP contribution in [0.15, 0.2) is 6.20 Å². The molecule has 0 saturated carbocycles. The first-order valence-electron chi connectivity index (χ1n) is 6.38. The van der Waals surface area contributed by atoms with Crippen LogP contribution in [0.4, 0.5) is 4.79 Å². The lowest BCUT2D eigenvalue weighted by Crippen LogP contribution is -2.47. The van der Waals surface area contributed by atoms with Crippen molar-refractivity contribution in [2.24, 2.45) is 0 Å². The van der Waals surface area contributed by atoms with Crippen LogP contribution in [0, 0.1) is 0 Å². The van der Waals surface area contributed by atoms with Crippen LogP contribution >= 0.6 is 0 Å². The van der Waals surface area contributed by atoms with Gasteiger partial charge in [-0.05, 0) is 38.2 Å². The number of hydrogen-bond acceptors (Lipinski definition) is 3. The van der Waals surface area contributed by atoms with Crippen molar-refractivity contribution in [1.29, 1.82) is 0 Å². The molecule has 18 heavy (non-hydrogen) atoms. The lowest BCUT2D eigenvalue weighted by Gasteiger charge is -2.24. The molecule has 2 atom stereocenters. The van der Waals surface area contributed by atoms with E-state index in [2.05, 4.69) is 20.8 Å². The molecule has 0 aliphatic heterocycles. The summed E-state index contributed by atoms with van der Waals surface area (Å²) in [6.07, 6.45) is 5.08. The van der Waals surface area contributed by atoms with E-state index in [1.807, 2.05) is 13.1 Å². The first-order chi connectivity index (χ1) is 8.69. The second kappa shape index (κ2) is 5.86. The molecule has 2 amide bonds. The van der Waals surface area contributed by atoms with Gasteiger partial charge in [0.15, 0.2) is 0 Å². The highest BCUT2D eigenvalue weighted by molar-refractivity contribution is 5.74. The standard InChI is InChI=1S/C12H20N4O2/c1-8(4-5-17)14-12(18)15-10-2-3-11-9(6-10)7-13-16-11/h7-8,10,17H,2-6H2,1H3,(H,13,16)(H2,14,15,18)/t8-,10?/m1/s1. The number of nitrogens with zero attached hydrogens (tertiary/aromatic N) is 1. The molecular formula is C12H20N4O2. The fourth-order valence-corrected chi connectivity index (χ4v) is 2.26. The van der Waals surface area contributed by atoms with Crippen molar-refractivity contribution in [2.75, 3.05) is 6.61 Å². The van der Waals surface area contributed by atoms with Crippen molar-refractivity contribution in [2.45, 2.75) is 44.7 Å². The van der Waals surface area contributed by atoms with E-state index in [0.29, 0.717) is 6.42 Å². The van der Waals surface area contributed by atoms with Crippen LogP contribution in [-0.2, 0) is 12.8 Å². The van der Waals surface area contributed by atoms with E-state index in [1.54, 1.807) is 0 Å². The van der Waals surface area contributed by atoms with Crippen LogP contribution in [0.3, 0.4) is 0 Å². The maximum atomic E-state index is 11.7. The highest BCUT2D eigenvalue weighted by Gasteiger charge is 2.21. The molecule has 100 valence electrons. The maximum absolute atomic E-state index is 11.7. The highest BCUT2D eigenvalue weighted by Crippen LogP contribution is 2.18. The first-order valence-corrected chi connectivity index (χ1v) is 6.38. The van der Waals surface area contributed by atoms with Crippen LogP contribution in [0.5, 0.6) is 0 Å². The summed E-state index contributed by atoms with van der Waals surface area (Å²) in [6, 6.07) is -0.00704. The predicted octanol–water partition coefficient (Wildman–Crippen LogP) is 0.337. The fourth-order valence-electron chi connectivity index (χ4n) is 2.26. The molecule has 0 fully saturated rings. The number of carbonyl (C=O) groups is 1. The molecule has 6 nitrogen and oxygen atoms in total. The van der Waals surface area contributed by atoms with Crippen LogP contribution in [0.25, 0.3) is 0 Å². The topological polar surface area (TPSA) is 90.0 Å². The van der Waals surface area contributed by atoms with Crippen molar-refractivity contribution < 1.29 is 9.90 Å². The van der Waals surface area contributed by atoms with E-state index in [4.69, 9.17) is 5.11 Å². The quantitative estimate of drug-likeness (QED) is 0.623. The van der Waals surface area contributed by atoms with E-state index in [0.717, 1.165) is 19.3 Å². The molecule has 0 radical (unpaired) electrons. The Hall–Kier alpha value is -1.56. The van der Waals surface area contributed by atoms with Gasteiger partial charge in [-0.3, -0.25) is 5.10 Å². The molecule has 4 N–H and O–H groups in total. The van der Waals surface area contributed by atoms with Crippen LogP contribution in [0.2, 0.25) is 0 Å². The van der Waals surface area contributed by atoms with Crippen LogP contribution in [-0.4, -0.2) is 40.0 Å². The number of hydrogen-bond donors (Lipinski definition) is 4. The maximum Gasteiger partial charge on any atom is 0.315 e. The number of H-pyrrole nitrogens is 1. The Kier molecular flexibility index (Phi) is 4.19. The summed E-state index contributed by atoms with van der Waals surface area (Å²) in [5.41, 5.74) is 2.37. The van der Waals surface area contributed by atoms with Crippen molar-refractivity contribution in [1.82, 2.24) is 20.8 Å². The van der Waals surface area contributed by atoms with Crippen molar-refractivity contribution in [3.8, 4) is 0 Å². The van der Waals surface area contributed by atoms with Gasteiger partial charge in [0, 0.05) is 24.4 Å². The van der Waals surface area contributed by atoms with Crippen LogP contribution < -0.4 is 10.6 Å².